The van der Waals surface area contributed by atoms with Crippen LogP contribution < -0.4 is 10.1 Å². The summed E-state index contributed by atoms with van der Waals surface area (Å²) < 4.78 is 8.76. The van der Waals surface area contributed by atoms with Crippen molar-refractivity contribution in [3.8, 4) is 5.75 Å². The van der Waals surface area contributed by atoms with Crippen molar-refractivity contribution in [1.29, 1.82) is 0 Å². The van der Waals surface area contributed by atoms with Gasteiger partial charge in [-0.3, -0.25) is 9.69 Å². The van der Waals surface area contributed by atoms with Crippen molar-refractivity contribution in [2.24, 2.45) is 0 Å². The number of carbonyl (C=O) groups excluding carboxylic acids is 1. The molecule has 3 heterocycles. The first-order valence-corrected chi connectivity index (χ1v) is 15.2. The molecule has 1 amide bonds. The maximum atomic E-state index is 12.8. The fourth-order valence-electron chi connectivity index (χ4n) is 6.53. The lowest BCUT2D eigenvalue weighted by atomic mass is 10.1. The maximum absolute atomic E-state index is 12.8. The second kappa shape index (κ2) is 12.4. The lowest BCUT2D eigenvalue weighted by molar-refractivity contribution is 0.0947. The number of amides is 1. The molecule has 0 spiro atoms. The van der Waals surface area contributed by atoms with Gasteiger partial charge < -0.3 is 19.5 Å². The van der Waals surface area contributed by atoms with E-state index < -0.39 is 0 Å². The zero-order valence-electron chi connectivity index (χ0n) is 23.8. The lowest BCUT2D eigenvalue weighted by Crippen LogP contribution is -2.35. The standard InChI is InChI=1S/C34H42N4O2/c1-2-38-32-13-6-5-12-30(32)31-22-26(14-15-33(31)38)24-37-20-16-29(25-37)40-28-11-9-10-27(23-28)34(39)35-17-21-36-18-7-3-4-8-19-36/h5-6,9-15,22-23,29H,2-4,7-8,16-21,24-25H2,1H3,(H,35,39)/t29-/m0/s1. The van der Waals surface area contributed by atoms with E-state index in [1.54, 1.807) is 0 Å². The van der Waals surface area contributed by atoms with Gasteiger partial charge in [-0.2, -0.15) is 0 Å². The number of aromatic nitrogens is 1. The number of benzene rings is 3. The first-order valence-electron chi connectivity index (χ1n) is 15.2. The minimum atomic E-state index is -0.0202. The van der Waals surface area contributed by atoms with Crippen LogP contribution in [0.5, 0.6) is 5.75 Å². The van der Waals surface area contributed by atoms with Gasteiger partial charge in [0.1, 0.15) is 11.9 Å². The molecule has 2 saturated heterocycles. The summed E-state index contributed by atoms with van der Waals surface area (Å²) in [7, 11) is 0. The van der Waals surface area contributed by atoms with E-state index in [0.29, 0.717) is 12.1 Å². The number of hydrogen-bond acceptors (Lipinski definition) is 4. The third kappa shape index (κ3) is 6.03. The number of rotatable bonds is 9. The molecule has 6 nitrogen and oxygen atoms in total. The van der Waals surface area contributed by atoms with Crippen LogP contribution in [-0.4, -0.2) is 65.6 Å². The SMILES string of the molecule is CCn1c2ccccc2c2cc(CN3CC[C@H](Oc4cccc(C(=O)NCCN5CCCCCC5)c4)C3)ccc21. The van der Waals surface area contributed by atoms with E-state index in [1.807, 2.05) is 24.3 Å². The maximum Gasteiger partial charge on any atom is 0.251 e. The lowest BCUT2D eigenvalue weighted by Gasteiger charge is -2.20. The Hall–Kier alpha value is -3.35. The molecule has 2 aliphatic heterocycles. The first-order chi connectivity index (χ1) is 19.7. The highest BCUT2D eigenvalue weighted by Crippen LogP contribution is 2.30. The average molecular weight is 539 g/mol. The van der Waals surface area contributed by atoms with E-state index in [2.05, 4.69) is 69.1 Å². The molecule has 6 heteroatoms. The van der Waals surface area contributed by atoms with Crippen molar-refractivity contribution >= 4 is 27.7 Å². The van der Waals surface area contributed by atoms with Crippen molar-refractivity contribution in [3.63, 3.8) is 0 Å². The zero-order valence-corrected chi connectivity index (χ0v) is 23.8. The number of ether oxygens (including phenoxy) is 1. The number of carbonyl (C=O) groups is 1. The summed E-state index contributed by atoms with van der Waals surface area (Å²) in [5.41, 5.74) is 4.62. The van der Waals surface area contributed by atoms with Crippen LogP contribution in [0.1, 0.15) is 54.9 Å². The predicted octanol–water partition coefficient (Wildman–Crippen LogP) is 6.07. The van der Waals surface area contributed by atoms with E-state index in [4.69, 9.17) is 4.74 Å². The van der Waals surface area contributed by atoms with Gasteiger partial charge in [-0.25, -0.2) is 0 Å². The van der Waals surface area contributed by atoms with Crippen LogP contribution in [0.2, 0.25) is 0 Å². The van der Waals surface area contributed by atoms with Gasteiger partial charge in [0, 0.05) is 66.6 Å². The van der Waals surface area contributed by atoms with Gasteiger partial charge in [-0.15, -0.1) is 0 Å². The minimum Gasteiger partial charge on any atom is -0.489 e. The van der Waals surface area contributed by atoms with Gasteiger partial charge >= 0.3 is 0 Å². The van der Waals surface area contributed by atoms with Crippen molar-refractivity contribution in [2.75, 3.05) is 39.3 Å². The molecule has 0 aliphatic carbocycles. The Bertz CT molecular complexity index is 1450. The van der Waals surface area contributed by atoms with E-state index in [-0.39, 0.29) is 12.0 Å². The Kier molecular flexibility index (Phi) is 8.35. The minimum absolute atomic E-state index is 0.0202. The molecule has 1 N–H and O–H groups in total. The van der Waals surface area contributed by atoms with Gasteiger partial charge in [0.2, 0.25) is 0 Å². The largest absolute Gasteiger partial charge is 0.489 e. The summed E-state index contributed by atoms with van der Waals surface area (Å²) in [5, 5.41) is 5.77. The second-order valence-electron chi connectivity index (χ2n) is 11.4. The van der Waals surface area contributed by atoms with E-state index in [9.17, 15) is 4.79 Å². The van der Waals surface area contributed by atoms with Crippen LogP contribution in [0, 0.1) is 0 Å². The monoisotopic (exact) mass is 538 g/mol. The van der Waals surface area contributed by atoms with Crippen LogP contribution >= 0.6 is 0 Å². The molecule has 3 aromatic carbocycles. The summed E-state index contributed by atoms with van der Waals surface area (Å²) >= 11 is 0. The number of hydrogen-bond donors (Lipinski definition) is 1. The van der Waals surface area contributed by atoms with Crippen molar-refractivity contribution in [2.45, 2.75) is 58.2 Å². The number of fused-ring (bicyclic) bond motifs is 3. The van der Waals surface area contributed by atoms with Crippen molar-refractivity contribution < 1.29 is 9.53 Å². The number of likely N-dealkylation sites (tertiary alicyclic amines) is 2. The molecule has 2 aliphatic rings. The van der Waals surface area contributed by atoms with E-state index in [1.165, 1.54) is 53.1 Å². The fraction of sp³-hybridized carbons (Fsp3) is 0.441. The highest BCUT2D eigenvalue weighted by atomic mass is 16.5. The van der Waals surface area contributed by atoms with Gasteiger partial charge in [0.05, 0.1) is 0 Å². The highest BCUT2D eigenvalue weighted by Gasteiger charge is 2.24. The van der Waals surface area contributed by atoms with Crippen molar-refractivity contribution in [3.05, 3.63) is 77.9 Å². The van der Waals surface area contributed by atoms with E-state index in [0.717, 1.165) is 58.0 Å². The smallest absolute Gasteiger partial charge is 0.251 e. The predicted molar refractivity (Wildman–Crippen MR) is 163 cm³/mol. The average Bonchev–Trinajstić information content (AvgIpc) is 3.43. The molecular formula is C34H42N4O2. The first kappa shape index (κ1) is 26.9. The molecule has 1 atom stereocenters. The third-order valence-electron chi connectivity index (χ3n) is 8.60. The molecule has 2 fully saturated rings. The molecule has 1 aromatic heterocycles. The topological polar surface area (TPSA) is 49.7 Å². The molecular weight excluding hydrogens is 496 g/mol. The molecule has 0 bridgehead atoms. The summed E-state index contributed by atoms with van der Waals surface area (Å²) in [5.74, 6) is 0.758. The number of nitrogens with one attached hydrogen (secondary N) is 1. The highest BCUT2D eigenvalue weighted by molar-refractivity contribution is 6.08. The van der Waals surface area contributed by atoms with Crippen LogP contribution in [0.4, 0.5) is 0 Å². The summed E-state index contributed by atoms with van der Waals surface area (Å²) in [4.78, 5) is 17.7. The Labute approximate surface area is 237 Å². The number of para-hydroxylation sites is 1. The quantitative estimate of drug-likeness (QED) is 0.281. The molecule has 6 rings (SSSR count). The van der Waals surface area contributed by atoms with Crippen molar-refractivity contribution in [1.82, 2.24) is 19.7 Å². The Morgan fingerprint density at radius 2 is 1.70 bits per heavy atom. The van der Waals surface area contributed by atoms with Gasteiger partial charge in [0.15, 0.2) is 0 Å². The van der Waals surface area contributed by atoms with Crippen LogP contribution in [0.15, 0.2) is 66.7 Å². The zero-order chi connectivity index (χ0) is 27.3. The number of nitrogens with zero attached hydrogens (tertiary/aromatic N) is 3. The molecule has 0 unspecified atom stereocenters. The molecule has 210 valence electrons. The molecule has 0 radical (unpaired) electrons. The summed E-state index contributed by atoms with van der Waals surface area (Å²) in [6, 6.07) is 23.3. The van der Waals surface area contributed by atoms with Crippen LogP contribution in [-0.2, 0) is 13.1 Å². The van der Waals surface area contributed by atoms with E-state index >= 15 is 0 Å². The summed E-state index contributed by atoms with van der Waals surface area (Å²) in [6.07, 6.45) is 6.32. The van der Waals surface area contributed by atoms with Gasteiger partial charge in [0.25, 0.3) is 5.91 Å². The summed E-state index contributed by atoms with van der Waals surface area (Å²) in [6.45, 7) is 9.91. The molecule has 4 aromatic rings. The Balaban J connectivity index is 1.03. The molecule has 40 heavy (non-hydrogen) atoms. The van der Waals surface area contributed by atoms with Gasteiger partial charge in [-0.05, 0) is 81.2 Å². The Morgan fingerprint density at radius 1 is 0.875 bits per heavy atom. The van der Waals surface area contributed by atoms with Crippen LogP contribution in [0.3, 0.4) is 0 Å². The second-order valence-corrected chi connectivity index (χ2v) is 11.4. The fourth-order valence-corrected chi connectivity index (χ4v) is 6.53. The molecule has 0 saturated carbocycles. The van der Waals surface area contributed by atoms with Gasteiger partial charge in [-0.1, -0.05) is 43.2 Å². The third-order valence-corrected chi connectivity index (χ3v) is 8.60. The van der Waals surface area contributed by atoms with Crippen LogP contribution in [0.25, 0.3) is 21.8 Å². The Morgan fingerprint density at radius 3 is 2.55 bits per heavy atom. The normalized spacial score (nSPS) is 18.8. The number of aryl methyl sites for hydroxylation is 1.